The number of anilines is 1. The zero-order chi connectivity index (χ0) is 21.4. The van der Waals surface area contributed by atoms with Crippen molar-refractivity contribution in [1.29, 1.82) is 0 Å². The minimum absolute atomic E-state index is 0.0628. The predicted molar refractivity (Wildman–Crippen MR) is 117 cm³/mol. The molecule has 0 radical (unpaired) electrons. The molecule has 3 aromatic rings. The van der Waals surface area contributed by atoms with Gasteiger partial charge in [0.2, 0.25) is 0 Å². The third kappa shape index (κ3) is 3.30. The van der Waals surface area contributed by atoms with E-state index < -0.39 is 17.8 Å². The minimum Gasteiger partial charge on any atom is -0.347 e. The SMILES string of the molecule is CCCn1cc(C=C2C(=O)NC(=O)N(c3ccc(C)c(C)c3)C2=O)c2ccccc21. The van der Waals surface area contributed by atoms with Gasteiger partial charge in [0.1, 0.15) is 5.57 Å². The van der Waals surface area contributed by atoms with Gasteiger partial charge in [-0.25, -0.2) is 9.69 Å². The van der Waals surface area contributed by atoms with Gasteiger partial charge in [-0.15, -0.1) is 0 Å². The first kappa shape index (κ1) is 19.6. The van der Waals surface area contributed by atoms with Crippen LogP contribution in [0.3, 0.4) is 0 Å². The van der Waals surface area contributed by atoms with E-state index in [0.29, 0.717) is 5.69 Å². The Kier molecular flexibility index (Phi) is 4.99. The number of nitrogens with one attached hydrogen (secondary N) is 1. The number of barbiturate groups is 1. The molecule has 6 heteroatoms. The Labute approximate surface area is 174 Å². The number of aryl methyl sites for hydroxylation is 3. The van der Waals surface area contributed by atoms with Gasteiger partial charge >= 0.3 is 6.03 Å². The number of para-hydroxylation sites is 1. The number of fused-ring (bicyclic) bond motifs is 1. The van der Waals surface area contributed by atoms with E-state index in [2.05, 4.69) is 16.8 Å². The lowest BCUT2D eigenvalue weighted by molar-refractivity contribution is -0.122. The number of aromatic nitrogens is 1. The molecule has 0 aliphatic carbocycles. The minimum atomic E-state index is -0.737. The molecule has 4 amide bonds. The van der Waals surface area contributed by atoms with Gasteiger partial charge in [0.05, 0.1) is 5.69 Å². The standard InChI is InChI=1S/C24H23N3O3/c1-4-11-26-14-17(19-7-5-6-8-21(19)26)13-20-22(28)25-24(30)27(23(20)29)18-10-9-15(2)16(3)12-18/h5-10,12-14H,4,11H2,1-3H3,(H,25,28,30). The summed E-state index contributed by atoms with van der Waals surface area (Å²) in [5.74, 6) is -1.31. The van der Waals surface area contributed by atoms with Crippen molar-refractivity contribution < 1.29 is 14.4 Å². The second-order valence-electron chi connectivity index (χ2n) is 7.52. The van der Waals surface area contributed by atoms with E-state index >= 15 is 0 Å². The summed E-state index contributed by atoms with van der Waals surface area (Å²) in [6.45, 7) is 6.79. The fourth-order valence-electron chi connectivity index (χ4n) is 3.73. The molecule has 152 valence electrons. The van der Waals surface area contributed by atoms with Gasteiger partial charge in [0.25, 0.3) is 11.8 Å². The molecule has 6 nitrogen and oxygen atoms in total. The van der Waals surface area contributed by atoms with E-state index in [4.69, 9.17) is 0 Å². The molecule has 2 aromatic carbocycles. The van der Waals surface area contributed by atoms with Gasteiger partial charge in [0, 0.05) is 29.2 Å². The maximum Gasteiger partial charge on any atom is 0.335 e. The molecule has 0 saturated carbocycles. The summed E-state index contributed by atoms with van der Waals surface area (Å²) in [6.07, 6.45) is 4.48. The zero-order valence-corrected chi connectivity index (χ0v) is 17.2. The highest BCUT2D eigenvalue weighted by atomic mass is 16.2. The predicted octanol–water partition coefficient (Wildman–Crippen LogP) is 4.33. The molecule has 30 heavy (non-hydrogen) atoms. The number of rotatable bonds is 4. The maximum atomic E-state index is 13.2. The summed E-state index contributed by atoms with van der Waals surface area (Å²) in [7, 11) is 0. The summed E-state index contributed by atoms with van der Waals surface area (Å²) in [4.78, 5) is 39.2. The van der Waals surface area contributed by atoms with Crippen molar-refractivity contribution in [2.45, 2.75) is 33.7 Å². The molecule has 1 aliphatic heterocycles. The van der Waals surface area contributed by atoms with Crippen molar-refractivity contribution in [2.24, 2.45) is 0 Å². The van der Waals surface area contributed by atoms with Gasteiger partial charge < -0.3 is 4.57 Å². The Balaban J connectivity index is 1.80. The number of imide groups is 2. The van der Waals surface area contributed by atoms with Crippen molar-refractivity contribution >= 4 is 40.5 Å². The number of amides is 4. The summed E-state index contributed by atoms with van der Waals surface area (Å²) in [5, 5.41) is 3.25. The van der Waals surface area contributed by atoms with Crippen LogP contribution in [-0.4, -0.2) is 22.4 Å². The number of carbonyl (C=O) groups is 3. The second kappa shape index (κ2) is 7.63. The van der Waals surface area contributed by atoms with E-state index in [1.165, 1.54) is 0 Å². The fraction of sp³-hybridized carbons (Fsp3) is 0.208. The first-order valence-electron chi connectivity index (χ1n) is 9.97. The Morgan fingerprint density at radius 1 is 1.00 bits per heavy atom. The number of urea groups is 1. The van der Waals surface area contributed by atoms with Crippen molar-refractivity contribution in [3.63, 3.8) is 0 Å². The highest BCUT2D eigenvalue weighted by molar-refractivity contribution is 6.39. The molecule has 0 atom stereocenters. The van der Waals surface area contributed by atoms with Crippen LogP contribution in [0.2, 0.25) is 0 Å². The van der Waals surface area contributed by atoms with Gasteiger partial charge in [-0.1, -0.05) is 31.2 Å². The maximum absolute atomic E-state index is 13.2. The van der Waals surface area contributed by atoms with Crippen LogP contribution in [0.15, 0.2) is 54.2 Å². The third-order valence-corrected chi connectivity index (χ3v) is 5.43. The number of hydrogen-bond donors (Lipinski definition) is 1. The molecule has 1 N–H and O–H groups in total. The summed E-state index contributed by atoms with van der Waals surface area (Å²) in [6, 6.07) is 12.5. The van der Waals surface area contributed by atoms with Crippen molar-refractivity contribution in [2.75, 3.05) is 4.90 Å². The van der Waals surface area contributed by atoms with Crippen molar-refractivity contribution in [3.05, 3.63) is 70.9 Å². The topological polar surface area (TPSA) is 71.4 Å². The number of carbonyl (C=O) groups excluding carboxylic acids is 3. The number of benzene rings is 2. The van der Waals surface area contributed by atoms with Gasteiger partial charge in [-0.05, 0) is 55.7 Å². The van der Waals surface area contributed by atoms with Crippen LogP contribution in [0.1, 0.15) is 30.0 Å². The highest BCUT2D eigenvalue weighted by Crippen LogP contribution is 2.27. The first-order valence-corrected chi connectivity index (χ1v) is 9.97. The molecule has 0 unspecified atom stereocenters. The highest BCUT2D eigenvalue weighted by Gasteiger charge is 2.37. The molecular formula is C24H23N3O3. The van der Waals surface area contributed by atoms with Crippen LogP contribution >= 0.6 is 0 Å². The molecule has 1 aromatic heterocycles. The zero-order valence-electron chi connectivity index (χ0n) is 17.2. The van der Waals surface area contributed by atoms with Gasteiger partial charge in [0.15, 0.2) is 0 Å². The smallest absolute Gasteiger partial charge is 0.335 e. The average Bonchev–Trinajstić information content (AvgIpc) is 3.06. The number of nitrogens with zero attached hydrogens (tertiary/aromatic N) is 2. The largest absolute Gasteiger partial charge is 0.347 e. The number of hydrogen-bond acceptors (Lipinski definition) is 3. The second-order valence-corrected chi connectivity index (χ2v) is 7.52. The fourth-order valence-corrected chi connectivity index (χ4v) is 3.73. The summed E-state index contributed by atoms with van der Waals surface area (Å²) >= 11 is 0. The quantitative estimate of drug-likeness (QED) is 0.522. The Hall–Kier alpha value is -3.67. The van der Waals surface area contributed by atoms with Crippen LogP contribution in [0, 0.1) is 13.8 Å². The van der Waals surface area contributed by atoms with Crippen LogP contribution in [0.4, 0.5) is 10.5 Å². The molecule has 1 fully saturated rings. The lowest BCUT2D eigenvalue weighted by Crippen LogP contribution is -2.54. The Morgan fingerprint density at radius 3 is 2.50 bits per heavy atom. The molecule has 4 rings (SSSR count). The monoisotopic (exact) mass is 401 g/mol. The molecule has 2 heterocycles. The van der Waals surface area contributed by atoms with Crippen LogP contribution in [0.5, 0.6) is 0 Å². The summed E-state index contributed by atoms with van der Waals surface area (Å²) < 4.78 is 2.11. The van der Waals surface area contributed by atoms with E-state index in [1.54, 1.807) is 18.2 Å². The first-order chi connectivity index (χ1) is 14.4. The summed E-state index contributed by atoms with van der Waals surface area (Å²) in [5.41, 5.74) is 4.20. The van der Waals surface area contributed by atoms with Gasteiger partial charge in [-0.3, -0.25) is 14.9 Å². The van der Waals surface area contributed by atoms with E-state index in [0.717, 1.165) is 45.5 Å². The van der Waals surface area contributed by atoms with Crippen LogP contribution in [0.25, 0.3) is 17.0 Å². The van der Waals surface area contributed by atoms with Crippen molar-refractivity contribution in [3.8, 4) is 0 Å². The molecular weight excluding hydrogens is 378 g/mol. The van der Waals surface area contributed by atoms with E-state index in [1.807, 2.05) is 50.4 Å². The van der Waals surface area contributed by atoms with Crippen LogP contribution in [-0.2, 0) is 16.1 Å². The van der Waals surface area contributed by atoms with Gasteiger partial charge in [-0.2, -0.15) is 0 Å². The van der Waals surface area contributed by atoms with E-state index in [-0.39, 0.29) is 5.57 Å². The Morgan fingerprint density at radius 2 is 1.77 bits per heavy atom. The molecule has 1 saturated heterocycles. The molecule has 1 aliphatic rings. The molecule has 0 spiro atoms. The van der Waals surface area contributed by atoms with Crippen LogP contribution < -0.4 is 10.2 Å². The normalized spacial score (nSPS) is 15.9. The molecule has 0 bridgehead atoms. The lowest BCUT2D eigenvalue weighted by Gasteiger charge is -2.26. The third-order valence-electron chi connectivity index (χ3n) is 5.43. The van der Waals surface area contributed by atoms with Crippen molar-refractivity contribution in [1.82, 2.24) is 9.88 Å². The van der Waals surface area contributed by atoms with E-state index in [9.17, 15) is 14.4 Å². The average molecular weight is 401 g/mol. The Bertz CT molecular complexity index is 1220. The lowest BCUT2D eigenvalue weighted by atomic mass is 10.0.